The van der Waals surface area contributed by atoms with E-state index >= 15 is 0 Å². The topological polar surface area (TPSA) is 35.6 Å². The third-order valence-electron chi connectivity index (χ3n) is 1.74. The van der Waals surface area contributed by atoms with E-state index in [0.29, 0.717) is 0 Å². The lowest BCUT2D eigenvalue weighted by Crippen LogP contribution is -2.05. The Morgan fingerprint density at radius 1 is 1.33 bits per heavy atom. The van der Waals surface area contributed by atoms with E-state index in [0.717, 1.165) is 12.5 Å². The van der Waals surface area contributed by atoms with Gasteiger partial charge >= 0.3 is 0 Å². The van der Waals surface area contributed by atoms with Crippen LogP contribution < -0.4 is 0 Å². The second-order valence-corrected chi connectivity index (χ2v) is 2.46. The van der Waals surface area contributed by atoms with Crippen molar-refractivity contribution < 1.29 is 0 Å². The van der Waals surface area contributed by atoms with Gasteiger partial charge in [0.2, 0.25) is 5.95 Å². The number of imidazole rings is 1. The minimum atomic E-state index is 0.863. The first-order valence-electron chi connectivity index (χ1n) is 3.93. The number of aromatic nitrogens is 4. The molecule has 2 aromatic rings. The van der Waals surface area contributed by atoms with Gasteiger partial charge in [0.1, 0.15) is 0 Å². The van der Waals surface area contributed by atoms with Crippen molar-refractivity contribution in [3.05, 3.63) is 30.9 Å². The molecule has 4 heteroatoms. The van der Waals surface area contributed by atoms with E-state index in [1.165, 1.54) is 0 Å². The Bertz CT molecular complexity index is 347. The molecule has 0 unspecified atom stereocenters. The highest BCUT2D eigenvalue weighted by Crippen LogP contribution is 2.02. The summed E-state index contributed by atoms with van der Waals surface area (Å²) in [5.41, 5.74) is 0. The van der Waals surface area contributed by atoms with Gasteiger partial charge < -0.3 is 4.57 Å². The van der Waals surface area contributed by atoms with Gasteiger partial charge in [0.15, 0.2) is 0 Å². The van der Waals surface area contributed by atoms with Crippen molar-refractivity contribution in [1.82, 2.24) is 19.3 Å². The van der Waals surface area contributed by atoms with E-state index in [1.54, 1.807) is 17.1 Å². The van der Waals surface area contributed by atoms with Crippen LogP contribution in [0.5, 0.6) is 0 Å². The van der Waals surface area contributed by atoms with Gasteiger partial charge in [-0.3, -0.25) is 0 Å². The second-order valence-electron chi connectivity index (χ2n) is 2.46. The molecule has 2 rings (SSSR count). The summed E-state index contributed by atoms with van der Waals surface area (Å²) in [7, 11) is 0. The van der Waals surface area contributed by atoms with Crippen molar-refractivity contribution in [2.75, 3.05) is 0 Å². The summed E-state index contributed by atoms with van der Waals surface area (Å²) < 4.78 is 3.79. The lowest BCUT2D eigenvalue weighted by Gasteiger charge is -2.02. The Morgan fingerprint density at radius 3 is 2.92 bits per heavy atom. The highest BCUT2D eigenvalue weighted by atomic mass is 15.4. The molecular formula is C8H10N4. The fraction of sp³-hybridized carbons (Fsp3) is 0.250. The van der Waals surface area contributed by atoms with Crippen molar-refractivity contribution in [3.63, 3.8) is 0 Å². The van der Waals surface area contributed by atoms with Crippen LogP contribution in [0.3, 0.4) is 0 Å². The second kappa shape index (κ2) is 2.81. The summed E-state index contributed by atoms with van der Waals surface area (Å²) in [6, 6.07) is 1.88. The van der Waals surface area contributed by atoms with E-state index < -0.39 is 0 Å². The van der Waals surface area contributed by atoms with Crippen LogP contribution in [0.25, 0.3) is 5.95 Å². The maximum atomic E-state index is 4.19. The van der Waals surface area contributed by atoms with Crippen molar-refractivity contribution in [2.45, 2.75) is 13.5 Å². The van der Waals surface area contributed by atoms with Crippen LogP contribution in [-0.4, -0.2) is 19.3 Å². The van der Waals surface area contributed by atoms with Gasteiger partial charge in [0, 0.05) is 31.3 Å². The van der Waals surface area contributed by atoms with E-state index in [-0.39, 0.29) is 0 Å². The number of aryl methyl sites for hydroxylation is 1. The minimum Gasteiger partial charge on any atom is -0.316 e. The van der Waals surface area contributed by atoms with E-state index in [1.807, 2.05) is 23.0 Å². The largest absolute Gasteiger partial charge is 0.316 e. The molecule has 0 aromatic carbocycles. The fourth-order valence-corrected chi connectivity index (χ4v) is 1.15. The maximum Gasteiger partial charge on any atom is 0.230 e. The molecule has 0 bridgehead atoms. The van der Waals surface area contributed by atoms with Crippen LogP contribution in [0.15, 0.2) is 30.9 Å². The molecule has 0 aliphatic carbocycles. The van der Waals surface area contributed by atoms with Crippen LogP contribution in [0.4, 0.5) is 0 Å². The third kappa shape index (κ3) is 1.01. The zero-order valence-electron chi connectivity index (χ0n) is 6.88. The third-order valence-corrected chi connectivity index (χ3v) is 1.74. The first-order chi connectivity index (χ1) is 5.92. The SMILES string of the molecule is CCn1ccnc1-n1cccn1. The Kier molecular flexibility index (Phi) is 1.66. The highest BCUT2D eigenvalue weighted by Gasteiger charge is 2.01. The van der Waals surface area contributed by atoms with Crippen LogP contribution in [0.1, 0.15) is 6.92 Å². The highest BCUT2D eigenvalue weighted by molar-refractivity contribution is 5.10. The molecule has 0 spiro atoms. The molecule has 62 valence electrons. The first-order valence-corrected chi connectivity index (χ1v) is 3.93. The van der Waals surface area contributed by atoms with Crippen LogP contribution >= 0.6 is 0 Å². The first kappa shape index (κ1) is 7.09. The van der Waals surface area contributed by atoms with E-state index in [9.17, 15) is 0 Å². The van der Waals surface area contributed by atoms with Crippen LogP contribution in [0.2, 0.25) is 0 Å². The van der Waals surface area contributed by atoms with Gasteiger partial charge in [-0.2, -0.15) is 5.10 Å². The lowest BCUT2D eigenvalue weighted by atomic mass is 10.7. The number of hydrogen-bond donors (Lipinski definition) is 0. The zero-order chi connectivity index (χ0) is 8.39. The normalized spacial score (nSPS) is 10.4. The molecule has 0 saturated carbocycles. The summed E-state index contributed by atoms with van der Waals surface area (Å²) in [5, 5.41) is 4.10. The van der Waals surface area contributed by atoms with Crippen molar-refractivity contribution in [1.29, 1.82) is 0 Å². The molecule has 0 fully saturated rings. The molecule has 0 amide bonds. The van der Waals surface area contributed by atoms with Gasteiger partial charge in [-0.05, 0) is 13.0 Å². The standard InChI is InChI=1S/C8H10N4/c1-2-11-7-5-9-8(11)12-6-3-4-10-12/h3-7H,2H2,1H3. The Hall–Kier alpha value is -1.58. The average Bonchev–Trinajstić information content (AvgIpc) is 2.74. The minimum absolute atomic E-state index is 0.863. The summed E-state index contributed by atoms with van der Waals surface area (Å²) in [4.78, 5) is 4.19. The molecule has 4 nitrogen and oxygen atoms in total. The van der Waals surface area contributed by atoms with Gasteiger partial charge in [0.05, 0.1) is 0 Å². The smallest absolute Gasteiger partial charge is 0.230 e. The average molecular weight is 162 g/mol. The molecule has 2 heterocycles. The van der Waals surface area contributed by atoms with E-state index in [4.69, 9.17) is 0 Å². The van der Waals surface area contributed by atoms with Crippen molar-refractivity contribution in [3.8, 4) is 5.95 Å². The summed E-state index contributed by atoms with van der Waals surface area (Å²) in [5.74, 6) is 0.863. The predicted molar refractivity (Wildman–Crippen MR) is 45.0 cm³/mol. The lowest BCUT2D eigenvalue weighted by molar-refractivity contribution is 0.686. The Balaban J connectivity index is 2.46. The molecule has 0 aliphatic rings. The van der Waals surface area contributed by atoms with E-state index in [2.05, 4.69) is 17.0 Å². The summed E-state index contributed by atoms with van der Waals surface area (Å²) in [6.07, 6.45) is 7.35. The molecule has 0 radical (unpaired) electrons. The fourth-order valence-electron chi connectivity index (χ4n) is 1.15. The van der Waals surface area contributed by atoms with Crippen LogP contribution in [-0.2, 0) is 6.54 Å². The number of nitrogens with zero attached hydrogens (tertiary/aromatic N) is 4. The monoisotopic (exact) mass is 162 g/mol. The maximum absolute atomic E-state index is 4.19. The quantitative estimate of drug-likeness (QED) is 0.662. The van der Waals surface area contributed by atoms with Crippen LogP contribution in [0, 0.1) is 0 Å². The Morgan fingerprint density at radius 2 is 2.25 bits per heavy atom. The van der Waals surface area contributed by atoms with Gasteiger partial charge in [0.25, 0.3) is 0 Å². The molecule has 0 saturated heterocycles. The Labute approximate surface area is 70.5 Å². The summed E-state index contributed by atoms with van der Waals surface area (Å²) >= 11 is 0. The van der Waals surface area contributed by atoms with Gasteiger partial charge in [-0.1, -0.05) is 0 Å². The summed E-state index contributed by atoms with van der Waals surface area (Å²) in [6.45, 7) is 2.99. The zero-order valence-corrected chi connectivity index (χ0v) is 6.88. The molecule has 0 aliphatic heterocycles. The van der Waals surface area contributed by atoms with Gasteiger partial charge in [-0.15, -0.1) is 0 Å². The molecule has 2 aromatic heterocycles. The molecular weight excluding hydrogens is 152 g/mol. The number of hydrogen-bond acceptors (Lipinski definition) is 2. The molecule has 12 heavy (non-hydrogen) atoms. The van der Waals surface area contributed by atoms with Gasteiger partial charge in [-0.25, -0.2) is 9.67 Å². The molecule has 0 atom stereocenters. The van der Waals surface area contributed by atoms with Crippen molar-refractivity contribution in [2.24, 2.45) is 0 Å². The van der Waals surface area contributed by atoms with Crippen molar-refractivity contribution >= 4 is 0 Å². The molecule has 0 N–H and O–H groups in total. The predicted octanol–water partition coefficient (Wildman–Crippen LogP) is 1.09. The number of rotatable bonds is 2.